The number of hydrogen-bond donors (Lipinski definition) is 1. The fraction of sp³-hybridized carbons (Fsp3) is 0.308. The molecular formula is C13H16N2O2S. The summed E-state index contributed by atoms with van der Waals surface area (Å²) < 4.78 is 11.0. The summed E-state index contributed by atoms with van der Waals surface area (Å²) in [4.78, 5) is 4.17. The van der Waals surface area contributed by atoms with Gasteiger partial charge in [-0.25, -0.2) is 4.98 Å². The second-order valence-corrected chi connectivity index (χ2v) is 4.89. The third-order valence-corrected chi connectivity index (χ3v) is 3.30. The molecule has 0 aliphatic heterocycles. The summed E-state index contributed by atoms with van der Waals surface area (Å²) in [5.74, 6) is 1.40. The van der Waals surface area contributed by atoms with Crippen LogP contribution in [-0.2, 0) is 6.61 Å². The fourth-order valence-corrected chi connectivity index (χ4v) is 2.08. The molecule has 2 aromatic rings. The maximum absolute atomic E-state index is 5.83. The molecule has 0 spiro atoms. The van der Waals surface area contributed by atoms with Crippen LogP contribution in [0.5, 0.6) is 11.5 Å². The Kier molecular flexibility index (Phi) is 4.17. The van der Waals surface area contributed by atoms with Crippen LogP contribution in [0.15, 0.2) is 29.8 Å². The molecule has 0 aliphatic rings. The Morgan fingerprint density at radius 3 is 2.83 bits per heavy atom. The van der Waals surface area contributed by atoms with Crippen LogP contribution in [-0.4, -0.2) is 12.1 Å². The Morgan fingerprint density at radius 2 is 2.22 bits per heavy atom. The highest BCUT2D eigenvalue weighted by molar-refractivity contribution is 7.09. The average Bonchev–Trinajstić information content (AvgIpc) is 2.89. The number of aromatic nitrogens is 1. The topological polar surface area (TPSA) is 57.4 Å². The van der Waals surface area contributed by atoms with E-state index in [-0.39, 0.29) is 6.04 Å². The van der Waals surface area contributed by atoms with Crippen molar-refractivity contribution in [3.63, 3.8) is 0 Å². The molecule has 0 radical (unpaired) electrons. The van der Waals surface area contributed by atoms with Gasteiger partial charge in [-0.05, 0) is 24.6 Å². The minimum absolute atomic E-state index is 0.0214. The first-order valence-corrected chi connectivity index (χ1v) is 6.53. The van der Waals surface area contributed by atoms with Gasteiger partial charge < -0.3 is 15.2 Å². The number of benzene rings is 1. The fourth-order valence-electron chi connectivity index (χ4n) is 1.55. The first kappa shape index (κ1) is 12.9. The van der Waals surface area contributed by atoms with Crippen molar-refractivity contribution in [2.75, 3.05) is 7.11 Å². The van der Waals surface area contributed by atoms with Gasteiger partial charge in [-0.1, -0.05) is 6.07 Å². The zero-order valence-electron chi connectivity index (χ0n) is 10.4. The highest BCUT2D eigenvalue weighted by Gasteiger charge is 2.08. The Hall–Kier alpha value is -1.59. The number of nitrogens with two attached hydrogens (primary N) is 1. The molecule has 2 rings (SSSR count). The van der Waals surface area contributed by atoms with Crippen molar-refractivity contribution in [1.82, 2.24) is 4.98 Å². The summed E-state index contributed by atoms with van der Waals surface area (Å²) in [6.45, 7) is 2.39. The van der Waals surface area contributed by atoms with Crippen molar-refractivity contribution >= 4 is 11.3 Å². The third kappa shape index (κ3) is 3.00. The Balaban J connectivity index is 2.12. The summed E-state index contributed by atoms with van der Waals surface area (Å²) in [6, 6.07) is 5.71. The van der Waals surface area contributed by atoms with Crippen molar-refractivity contribution in [2.24, 2.45) is 5.73 Å². The summed E-state index contributed by atoms with van der Waals surface area (Å²) in [6.07, 6.45) is 1.76. The van der Waals surface area contributed by atoms with Crippen LogP contribution in [0.2, 0.25) is 0 Å². The summed E-state index contributed by atoms with van der Waals surface area (Å²) in [7, 11) is 1.62. The van der Waals surface area contributed by atoms with Gasteiger partial charge in [-0.3, -0.25) is 0 Å². The molecule has 0 amide bonds. The van der Waals surface area contributed by atoms with E-state index in [0.717, 1.165) is 10.6 Å². The molecule has 1 atom stereocenters. The second kappa shape index (κ2) is 5.84. The monoisotopic (exact) mass is 264 g/mol. The van der Waals surface area contributed by atoms with Crippen molar-refractivity contribution in [1.29, 1.82) is 0 Å². The first-order chi connectivity index (χ1) is 8.70. The lowest BCUT2D eigenvalue weighted by atomic mass is 10.1. The average molecular weight is 264 g/mol. The zero-order chi connectivity index (χ0) is 13.0. The highest BCUT2D eigenvalue weighted by atomic mass is 32.1. The SMILES string of the molecule is COc1cc(C(C)N)ccc1OCc1nccs1. The van der Waals surface area contributed by atoms with Gasteiger partial charge in [0.15, 0.2) is 11.5 Å². The molecule has 1 aromatic carbocycles. The van der Waals surface area contributed by atoms with Crippen LogP contribution in [0.25, 0.3) is 0 Å². The molecule has 96 valence electrons. The predicted molar refractivity (Wildman–Crippen MR) is 72.0 cm³/mol. The minimum atomic E-state index is -0.0214. The maximum atomic E-state index is 5.83. The second-order valence-electron chi connectivity index (χ2n) is 3.91. The lowest BCUT2D eigenvalue weighted by molar-refractivity contribution is 0.284. The van der Waals surface area contributed by atoms with E-state index in [9.17, 15) is 0 Å². The number of nitrogens with zero attached hydrogens (tertiary/aromatic N) is 1. The van der Waals surface area contributed by atoms with Crippen molar-refractivity contribution in [2.45, 2.75) is 19.6 Å². The van der Waals surface area contributed by atoms with Crippen LogP contribution in [0.4, 0.5) is 0 Å². The normalized spacial score (nSPS) is 12.2. The van der Waals surface area contributed by atoms with E-state index in [1.54, 1.807) is 24.6 Å². The van der Waals surface area contributed by atoms with Crippen molar-refractivity contribution in [3.05, 3.63) is 40.3 Å². The van der Waals surface area contributed by atoms with Crippen LogP contribution >= 0.6 is 11.3 Å². The molecule has 1 aromatic heterocycles. The Labute approximate surface area is 110 Å². The summed E-state index contributed by atoms with van der Waals surface area (Å²) in [5, 5.41) is 2.86. The molecule has 0 saturated carbocycles. The van der Waals surface area contributed by atoms with Gasteiger partial charge in [0.1, 0.15) is 11.6 Å². The Morgan fingerprint density at radius 1 is 1.39 bits per heavy atom. The van der Waals surface area contributed by atoms with Crippen LogP contribution in [0.1, 0.15) is 23.5 Å². The molecule has 0 bridgehead atoms. The third-order valence-electron chi connectivity index (χ3n) is 2.55. The molecule has 18 heavy (non-hydrogen) atoms. The lowest BCUT2D eigenvalue weighted by Crippen LogP contribution is -2.05. The van der Waals surface area contributed by atoms with Gasteiger partial charge in [0.05, 0.1) is 7.11 Å². The van der Waals surface area contributed by atoms with E-state index < -0.39 is 0 Å². The van der Waals surface area contributed by atoms with Gasteiger partial charge in [-0.15, -0.1) is 11.3 Å². The zero-order valence-corrected chi connectivity index (χ0v) is 11.2. The number of ether oxygens (including phenoxy) is 2. The number of rotatable bonds is 5. The molecule has 1 heterocycles. The molecule has 0 aliphatic carbocycles. The highest BCUT2D eigenvalue weighted by Crippen LogP contribution is 2.30. The van der Waals surface area contributed by atoms with E-state index >= 15 is 0 Å². The van der Waals surface area contributed by atoms with Gasteiger partial charge in [0, 0.05) is 17.6 Å². The van der Waals surface area contributed by atoms with Crippen LogP contribution < -0.4 is 15.2 Å². The Bertz CT molecular complexity index is 498. The van der Waals surface area contributed by atoms with Gasteiger partial charge in [0.25, 0.3) is 0 Å². The molecule has 0 saturated heterocycles. The van der Waals surface area contributed by atoms with E-state index in [1.807, 2.05) is 30.5 Å². The quantitative estimate of drug-likeness (QED) is 0.902. The van der Waals surface area contributed by atoms with E-state index in [2.05, 4.69) is 4.98 Å². The van der Waals surface area contributed by atoms with Crippen LogP contribution in [0.3, 0.4) is 0 Å². The van der Waals surface area contributed by atoms with Crippen molar-refractivity contribution in [3.8, 4) is 11.5 Å². The van der Waals surface area contributed by atoms with Gasteiger partial charge >= 0.3 is 0 Å². The summed E-state index contributed by atoms with van der Waals surface area (Å²) in [5.41, 5.74) is 6.86. The molecule has 4 nitrogen and oxygen atoms in total. The first-order valence-electron chi connectivity index (χ1n) is 5.65. The molecule has 5 heteroatoms. The van der Waals surface area contributed by atoms with Gasteiger partial charge in [0.2, 0.25) is 0 Å². The number of hydrogen-bond acceptors (Lipinski definition) is 5. The standard InChI is InChI=1S/C13H16N2O2S/c1-9(14)10-3-4-11(12(7-10)16-2)17-8-13-15-5-6-18-13/h3-7,9H,8,14H2,1-2H3. The maximum Gasteiger partial charge on any atom is 0.161 e. The number of methoxy groups -OCH3 is 1. The van der Waals surface area contributed by atoms with E-state index in [0.29, 0.717) is 18.1 Å². The van der Waals surface area contributed by atoms with Crippen molar-refractivity contribution < 1.29 is 9.47 Å². The molecule has 2 N–H and O–H groups in total. The molecule has 1 unspecified atom stereocenters. The van der Waals surface area contributed by atoms with Crippen LogP contribution in [0, 0.1) is 0 Å². The number of thiazole rings is 1. The summed E-state index contributed by atoms with van der Waals surface area (Å²) >= 11 is 1.57. The largest absolute Gasteiger partial charge is 0.493 e. The predicted octanol–water partition coefficient (Wildman–Crippen LogP) is 2.75. The molecular weight excluding hydrogens is 248 g/mol. The van der Waals surface area contributed by atoms with E-state index in [1.165, 1.54) is 0 Å². The van der Waals surface area contributed by atoms with Gasteiger partial charge in [-0.2, -0.15) is 0 Å². The minimum Gasteiger partial charge on any atom is -0.493 e. The smallest absolute Gasteiger partial charge is 0.161 e. The lowest BCUT2D eigenvalue weighted by Gasteiger charge is -2.12. The molecule has 0 fully saturated rings. The van der Waals surface area contributed by atoms with E-state index in [4.69, 9.17) is 15.2 Å².